The number of Topliss-reactive ketones (excluding diaryl/α,β-unsaturated/α-hetero) is 1. The molecule has 0 saturated carbocycles. The fourth-order valence-corrected chi connectivity index (χ4v) is 0.670. The maximum absolute atomic E-state index is 10.7. The Hall–Kier alpha value is -0.370. The maximum atomic E-state index is 10.7. The second kappa shape index (κ2) is 4.50. The Bertz CT molecular complexity index is 88.9. The van der Waals surface area contributed by atoms with E-state index in [2.05, 4.69) is 0 Å². The van der Waals surface area contributed by atoms with E-state index in [1.807, 2.05) is 6.92 Å². The van der Waals surface area contributed by atoms with Crippen molar-refractivity contribution < 1.29 is 9.90 Å². The molecule has 2 nitrogen and oxygen atoms in total. The van der Waals surface area contributed by atoms with Crippen LogP contribution >= 0.6 is 0 Å². The van der Waals surface area contributed by atoms with E-state index in [9.17, 15) is 4.79 Å². The summed E-state index contributed by atoms with van der Waals surface area (Å²) in [4.78, 5) is 10.7. The van der Waals surface area contributed by atoms with Crippen molar-refractivity contribution in [1.82, 2.24) is 0 Å². The highest BCUT2D eigenvalue weighted by molar-refractivity contribution is 5.82. The third kappa shape index (κ3) is 3.25. The molecular formula is C7H14O2. The predicted octanol–water partition coefficient (Wildman–Crippen LogP) is 1.13. The van der Waals surface area contributed by atoms with E-state index in [0.29, 0.717) is 12.8 Å². The van der Waals surface area contributed by atoms with Gasteiger partial charge in [-0.15, -0.1) is 0 Å². The Kier molecular flexibility index (Phi) is 4.32. The minimum atomic E-state index is -0.708. The summed E-state index contributed by atoms with van der Waals surface area (Å²) in [5, 5.41) is 8.97. The average Bonchev–Trinajstić information content (AvgIpc) is 1.87. The van der Waals surface area contributed by atoms with E-state index in [0.717, 1.165) is 6.42 Å². The number of carbonyl (C=O) groups excluding carboxylic acids is 1. The standard InChI is InChI=1S/C7H14O2/c1-3-5-7(9)6(8)4-2/h7,9H,3-5H2,1-2H3/t7-/m0/s1. The molecule has 0 spiro atoms. The van der Waals surface area contributed by atoms with Crippen LogP contribution in [0.5, 0.6) is 0 Å². The second-order valence-electron chi connectivity index (χ2n) is 2.12. The number of rotatable bonds is 4. The van der Waals surface area contributed by atoms with Crippen molar-refractivity contribution in [3.8, 4) is 0 Å². The number of hydrogen-bond acceptors (Lipinski definition) is 2. The van der Waals surface area contributed by atoms with Gasteiger partial charge in [0.25, 0.3) is 0 Å². The highest BCUT2D eigenvalue weighted by Gasteiger charge is 2.09. The Labute approximate surface area is 55.9 Å². The fraction of sp³-hybridized carbons (Fsp3) is 0.857. The summed E-state index contributed by atoms with van der Waals surface area (Å²) < 4.78 is 0. The molecule has 0 aromatic rings. The summed E-state index contributed by atoms with van der Waals surface area (Å²) in [5.74, 6) is -0.0446. The molecule has 0 unspecified atom stereocenters. The zero-order chi connectivity index (χ0) is 7.28. The molecule has 0 fully saturated rings. The van der Waals surface area contributed by atoms with Gasteiger partial charge in [-0.05, 0) is 6.42 Å². The van der Waals surface area contributed by atoms with Gasteiger partial charge >= 0.3 is 0 Å². The van der Waals surface area contributed by atoms with Crippen molar-refractivity contribution in [1.29, 1.82) is 0 Å². The van der Waals surface area contributed by atoms with Crippen LogP contribution in [0, 0.1) is 0 Å². The van der Waals surface area contributed by atoms with Crippen LogP contribution in [0.2, 0.25) is 0 Å². The molecule has 0 aliphatic carbocycles. The van der Waals surface area contributed by atoms with Crippen LogP contribution in [0.1, 0.15) is 33.1 Å². The van der Waals surface area contributed by atoms with Gasteiger partial charge in [-0.25, -0.2) is 0 Å². The lowest BCUT2D eigenvalue weighted by atomic mass is 10.1. The number of hydrogen-bond donors (Lipinski definition) is 1. The molecule has 0 aromatic carbocycles. The number of carbonyl (C=O) groups is 1. The minimum absolute atomic E-state index is 0.0446. The van der Waals surface area contributed by atoms with Crippen LogP contribution in [0.25, 0.3) is 0 Å². The van der Waals surface area contributed by atoms with Gasteiger partial charge in [-0.1, -0.05) is 20.3 Å². The van der Waals surface area contributed by atoms with Gasteiger partial charge in [0, 0.05) is 6.42 Å². The van der Waals surface area contributed by atoms with Gasteiger partial charge in [0.1, 0.15) is 6.10 Å². The Morgan fingerprint density at radius 2 is 2.11 bits per heavy atom. The molecule has 0 rings (SSSR count). The molecule has 54 valence electrons. The molecular weight excluding hydrogens is 116 g/mol. The molecule has 0 radical (unpaired) electrons. The zero-order valence-electron chi connectivity index (χ0n) is 6.05. The quantitative estimate of drug-likeness (QED) is 0.619. The van der Waals surface area contributed by atoms with Gasteiger partial charge in [0.05, 0.1) is 0 Å². The van der Waals surface area contributed by atoms with E-state index in [1.165, 1.54) is 0 Å². The largest absolute Gasteiger partial charge is 0.385 e. The summed E-state index contributed by atoms with van der Waals surface area (Å²) >= 11 is 0. The summed E-state index contributed by atoms with van der Waals surface area (Å²) in [6.45, 7) is 3.72. The Balaban J connectivity index is 3.45. The van der Waals surface area contributed by atoms with Crippen LogP contribution < -0.4 is 0 Å². The van der Waals surface area contributed by atoms with E-state index in [1.54, 1.807) is 6.92 Å². The minimum Gasteiger partial charge on any atom is -0.385 e. The van der Waals surface area contributed by atoms with Crippen molar-refractivity contribution >= 4 is 5.78 Å². The molecule has 9 heavy (non-hydrogen) atoms. The molecule has 0 aliphatic rings. The summed E-state index contributed by atoms with van der Waals surface area (Å²) in [5.41, 5.74) is 0. The molecule has 0 aromatic heterocycles. The molecule has 0 heterocycles. The van der Waals surface area contributed by atoms with Crippen molar-refractivity contribution in [2.24, 2.45) is 0 Å². The average molecular weight is 130 g/mol. The maximum Gasteiger partial charge on any atom is 0.160 e. The Morgan fingerprint density at radius 3 is 2.44 bits per heavy atom. The highest BCUT2D eigenvalue weighted by atomic mass is 16.3. The topological polar surface area (TPSA) is 37.3 Å². The monoisotopic (exact) mass is 130 g/mol. The van der Waals surface area contributed by atoms with Gasteiger partial charge in [0.15, 0.2) is 5.78 Å². The SMILES string of the molecule is CCC[C@H](O)C(=O)CC. The number of ketones is 1. The van der Waals surface area contributed by atoms with Crippen LogP contribution in [-0.2, 0) is 4.79 Å². The van der Waals surface area contributed by atoms with Crippen LogP contribution in [0.3, 0.4) is 0 Å². The van der Waals surface area contributed by atoms with E-state index in [-0.39, 0.29) is 5.78 Å². The van der Waals surface area contributed by atoms with Crippen LogP contribution in [0.4, 0.5) is 0 Å². The van der Waals surface area contributed by atoms with Crippen LogP contribution in [0.15, 0.2) is 0 Å². The van der Waals surface area contributed by atoms with Crippen molar-refractivity contribution in [2.45, 2.75) is 39.2 Å². The summed E-state index contributed by atoms with van der Waals surface area (Å²) in [7, 11) is 0. The van der Waals surface area contributed by atoms with Crippen molar-refractivity contribution in [3.63, 3.8) is 0 Å². The number of aliphatic hydroxyl groups excluding tert-OH is 1. The number of aliphatic hydroxyl groups is 1. The van der Waals surface area contributed by atoms with Gasteiger partial charge in [-0.2, -0.15) is 0 Å². The van der Waals surface area contributed by atoms with Gasteiger partial charge in [-0.3, -0.25) is 4.79 Å². The van der Waals surface area contributed by atoms with Crippen molar-refractivity contribution in [2.75, 3.05) is 0 Å². The smallest absolute Gasteiger partial charge is 0.160 e. The summed E-state index contributed by atoms with van der Waals surface area (Å²) in [6.07, 6.45) is 1.21. The van der Waals surface area contributed by atoms with Crippen LogP contribution in [-0.4, -0.2) is 17.0 Å². The first-order valence-corrected chi connectivity index (χ1v) is 3.43. The first kappa shape index (κ1) is 8.63. The van der Waals surface area contributed by atoms with Gasteiger partial charge < -0.3 is 5.11 Å². The van der Waals surface area contributed by atoms with Gasteiger partial charge in [0.2, 0.25) is 0 Å². The highest BCUT2D eigenvalue weighted by Crippen LogP contribution is 1.98. The Morgan fingerprint density at radius 1 is 1.56 bits per heavy atom. The van der Waals surface area contributed by atoms with E-state index in [4.69, 9.17) is 5.11 Å². The first-order chi connectivity index (χ1) is 4.22. The third-order valence-corrected chi connectivity index (χ3v) is 1.28. The second-order valence-corrected chi connectivity index (χ2v) is 2.12. The normalized spacial score (nSPS) is 13.2. The lowest BCUT2D eigenvalue weighted by Gasteiger charge is -2.03. The molecule has 0 bridgehead atoms. The lowest BCUT2D eigenvalue weighted by molar-refractivity contribution is -0.127. The predicted molar refractivity (Wildman–Crippen MR) is 36.2 cm³/mol. The molecule has 1 atom stereocenters. The lowest BCUT2D eigenvalue weighted by Crippen LogP contribution is -2.18. The zero-order valence-corrected chi connectivity index (χ0v) is 6.05. The van der Waals surface area contributed by atoms with Crippen molar-refractivity contribution in [3.05, 3.63) is 0 Å². The molecule has 1 N–H and O–H groups in total. The third-order valence-electron chi connectivity index (χ3n) is 1.28. The fourth-order valence-electron chi connectivity index (χ4n) is 0.670. The first-order valence-electron chi connectivity index (χ1n) is 3.43. The molecule has 0 amide bonds. The molecule has 0 saturated heterocycles. The van der Waals surface area contributed by atoms with E-state index >= 15 is 0 Å². The summed E-state index contributed by atoms with van der Waals surface area (Å²) in [6, 6.07) is 0. The molecule has 0 aliphatic heterocycles. The molecule has 2 heteroatoms. The van der Waals surface area contributed by atoms with E-state index < -0.39 is 6.10 Å².